The van der Waals surface area contributed by atoms with Crippen LogP contribution in [-0.2, 0) is 22.5 Å². The fourth-order valence-corrected chi connectivity index (χ4v) is 3.40. The SMILES string of the molecule is NCc1ccc(C(=O)Nc2ccncc2F)cc1-c1cccc(CC(=O)OCC2CC2)c1. The Kier molecular flexibility index (Phi) is 6.56. The number of halogens is 1. The maximum atomic E-state index is 13.8. The number of ether oxygens (including phenoxy) is 1. The van der Waals surface area contributed by atoms with Crippen LogP contribution in [0.5, 0.6) is 0 Å². The van der Waals surface area contributed by atoms with Gasteiger partial charge in [-0.3, -0.25) is 14.6 Å². The summed E-state index contributed by atoms with van der Waals surface area (Å²) in [4.78, 5) is 28.5. The minimum absolute atomic E-state index is 0.0566. The maximum absolute atomic E-state index is 13.8. The molecule has 1 aliphatic carbocycles. The number of aromatic nitrogens is 1. The summed E-state index contributed by atoms with van der Waals surface area (Å²) >= 11 is 0. The third-order valence-corrected chi connectivity index (χ3v) is 5.38. The van der Waals surface area contributed by atoms with Gasteiger partial charge in [0.05, 0.1) is 24.9 Å². The number of amides is 1. The maximum Gasteiger partial charge on any atom is 0.310 e. The molecule has 3 aromatic rings. The molecule has 164 valence electrons. The zero-order chi connectivity index (χ0) is 22.5. The topological polar surface area (TPSA) is 94.3 Å². The Hall–Kier alpha value is -3.58. The van der Waals surface area contributed by atoms with Crippen molar-refractivity contribution in [3.8, 4) is 11.1 Å². The van der Waals surface area contributed by atoms with E-state index >= 15 is 0 Å². The van der Waals surface area contributed by atoms with Crippen LogP contribution in [0.3, 0.4) is 0 Å². The van der Waals surface area contributed by atoms with Crippen LogP contribution in [0.15, 0.2) is 60.9 Å². The average molecular weight is 433 g/mol. The van der Waals surface area contributed by atoms with Gasteiger partial charge in [-0.2, -0.15) is 0 Å². The predicted molar refractivity (Wildman–Crippen MR) is 119 cm³/mol. The van der Waals surface area contributed by atoms with Gasteiger partial charge < -0.3 is 15.8 Å². The van der Waals surface area contributed by atoms with E-state index in [-0.39, 0.29) is 24.6 Å². The summed E-state index contributed by atoms with van der Waals surface area (Å²) in [6.07, 6.45) is 4.88. The molecule has 4 rings (SSSR count). The molecule has 0 spiro atoms. The van der Waals surface area contributed by atoms with Crippen LogP contribution in [0, 0.1) is 11.7 Å². The van der Waals surface area contributed by atoms with Crippen molar-refractivity contribution in [1.29, 1.82) is 0 Å². The fourth-order valence-electron chi connectivity index (χ4n) is 3.40. The minimum atomic E-state index is -0.610. The number of carbonyl (C=O) groups excluding carboxylic acids is 2. The summed E-state index contributed by atoms with van der Waals surface area (Å²) in [6.45, 7) is 0.773. The van der Waals surface area contributed by atoms with Crippen LogP contribution < -0.4 is 11.1 Å². The van der Waals surface area contributed by atoms with Crippen molar-refractivity contribution in [3.05, 3.63) is 83.4 Å². The first-order valence-electron chi connectivity index (χ1n) is 10.5. The number of rotatable bonds is 8. The van der Waals surface area contributed by atoms with E-state index in [0.717, 1.165) is 41.3 Å². The molecule has 0 aliphatic heterocycles. The molecule has 0 unspecified atom stereocenters. The summed E-state index contributed by atoms with van der Waals surface area (Å²) in [5, 5.41) is 2.56. The Morgan fingerprint density at radius 2 is 2.00 bits per heavy atom. The van der Waals surface area contributed by atoms with E-state index < -0.39 is 11.7 Å². The number of carbonyl (C=O) groups is 2. The molecular formula is C25H24FN3O3. The lowest BCUT2D eigenvalue weighted by molar-refractivity contribution is -0.143. The van der Waals surface area contributed by atoms with Gasteiger partial charge >= 0.3 is 5.97 Å². The Morgan fingerprint density at radius 1 is 1.16 bits per heavy atom. The highest BCUT2D eigenvalue weighted by molar-refractivity contribution is 6.05. The van der Waals surface area contributed by atoms with E-state index in [2.05, 4.69) is 10.3 Å². The molecule has 6 nitrogen and oxygen atoms in total. The molecule has 3 N–H and O–H groups in total. The fraction of sp³-hybridized carbons (Fsp3) is 0.240. The highest BCUT2D eigenvalue weighted by Crippen LogP contribution is 2.29. The molecule has 0 saturated heterocycles. The van der Waals surface area contributed by atoms with E-state index in [4.69, 9.17) is 10.5 Å². The number of hydrogen-bond donors (Lipinski definition) is 2. The molecule has 1 saturated carbocycles. The molecule has 2 aromatic carbocycles. The van der Waals surface area contributed by atoms with Crippen molar-refractivity contribution < 1.29 is 18.7 Å². The first kappa shape index (κ1) is 21.6. The van der Waals surface area contributed by atoms with Gasteiger partial charge in [0.2, 0.25) is 0 Å². The van der Waals surface area contributed by atoms with Crippen LogP contribution in [-0.4, -0.2) is 23.5 Å². The van der Waals surface area contributed by atoms with Crippen molar-refractivity contribution in [2.45, 2.75) is 25.8 Å². The van der Waals surface area contributed by atoms with Gasteiger partial charge in [0.1, 0.15) is 0 Å². The lowest BCUT2D eigenvalue weighted by Crippen LogP contribution is -2.14. The van der Waals surface area contributed by atoms with Crippen LogP contribution in [0.2, 0.25) is 0 Å². The van der Waals surface area contributed by atoms with Gasteiger partial charge in [-0.25, -0.2) is 4.39 Å². The number of nitrogens with two attached hydrogens (primary N) is 1. The van der Waals surface area contributed by atoms with Crippen molar-refractivity contribution in [2.24, 2.45) is 11.7 Å². The standard InChI is InChI=1S/C25H24FN3O3/c26-22-14-28-9-8-23(22)29-25(31)19-6-7-20(13-27)21(12-19)18-3-1-2-17(10-18)11-24(30)32-15-16-4-5-16/h1-3,6-10,12,14,16H,4-5,11,13,15,27H2,(H,28,29,31). The second-order valence-electron chi connectivity index (χ2n) is 7.89. The quantitative estimate of drug-likeness (QED) is 0.522. The molecule has 1 fully saturated rings. The number of hydrogen-bond acceptors (Lipinski definition) is 5. The van der Waals surface area contributed by atoms with Gasteiger partial charge in [-0.1, -0.05) is 30.3 Å². The largest absolute Gasteiger partial charge is 0.465 e. The van der Waals surface area contributed by atoms with Crippen molar-refractivity contribution >= 4 is 17.6 Å². The molecular weight excluding hydrogens is 409 g/mol. The van der Waals surface area contributed by atoms with E-state index in [1.807, 2.05) is 24.3 Å². The highest BCUT2D eigenvalue weighted by atomic mass is 19.1. The van der Waals surface area contributed by atoms with Crippen molar-refractivity contribution in [2.75, 3.05) is 11.9 Å². The number of anilines is 1. The summed E-state index contributed by atoms with van der Waals surface area (Å²) in [6, 6.07) is 14.1. The van der Waals surface area contributed by atoms with Crippen molar-refractivity contribution in [3.63, 3.8) is 0 Å². The first-order valence-corrected chi connectivity index (χ1v) is 10.5. The van der Waals surface area contributed by atoms with Crippen LogP contribution in [0.4, 0.5) is 10.1 Å². The molecule has 7 heteroatoms. The van der Waals surface area contributed by atoms with Gasteiger partial charge in [0.25, 0.3) is 5.91 Å². The molecule has 0 radical (unpaired) electrons. The number of benzene rings is 2. The summed E-state index contributed by atoms with van der Waals surface area (Å²) in [5.41, 5.74) is 9.63. The van der Waals surface area contributed by atoms with E-state index in [1.54, 1.807) is 18.2 Å². The number of pyridine rings is 1. The Labute approximate surface area is 185 Å². The van der Waals surface area contributed by atoms with Crippen LogP contribution in [0.25, 0.3) is 11.1 Å². The molecule has 1 heterocycles. The number of nitrogens with zero attached hydrogens (tertiary/aromatic N) is 1. The zero-order valence-corrected chi connectivity index (χ0v) is 17.5. The average Bonchev–Trinajstić information content (AvgIpc) is 3.63. The molecule has 0 bridgehead atoms. The van der Waals surface area contributed by atoms with Gasteiger partial charge in [0.15, 0.2) is 5.82 Å². The molecule has 0 atom stereocenters. The van der Waals surface area contributed by atoms with Crippen LogP contribution >= 0.6 is 0 Å². The molecule has 1 aliphatic rings. The van der Waals surface area contributed by atoms with Gasteiger partial charge in [0, 0.05) is 18.3 Å². The normalized spacial score (nSPS) is 12.9. The van der Waals surface area contributed by atoms with Gasteiger partial charge in [-0.05, 0) is 59.2 Å². The molecule has 1 amide bonds. The van der Waals surface area contributed by atoms with Crippen molar-refractivity contribution in [1.82, 2.24) is 4.98 Å². The lowest BCUT2D eigenvalue weighted by Gasteiger charge is -2.13. The number of nitrogens with one attached hydrogen (secondary N) is 1. The second-order valence-corrected chi connectivity index (χ2v) is 7.89. The zero-order valence-electron chi connectivity index (χ0n) is 17.5. The Bertz CT molecular complexity index is 1140. The monoisotopic (exact) mass is 433 g/mol. The van der Waals surface area contributed by atoms with Crippen LogP contribution in [0.1, 0.15) is 34.3 Å². The van der Waals surface area contributed by atoms with Gasteiger partial charge in [-0.15, -0.1) is 0 Å². The summed E-state index contributed by atoms with van der Waals surface area (Å²) in [5.74, 6) is -0.784. The molecule has 1 aromatic heterocycles. The van der Waals surface area contributed by atoms with E-state index in [9.17, 15) is 14.0 Å². The number of esters is 1. The molecule has 32 heavy (non-hydrogen) atoms. The summed E-state index contributed by atoms with van der Waals surface area (Å²) < 4.78 is 19.2. The van der Waals surface area contributed by atoms with E-state index in [1.165, 1.54) is 12.3 Å². The third-order valence-electron chi connectivity index (χ3n) is 5.38. The second kappa shape index (κ2) is 9.70. The highest BCUT2D eigenvalue weighted by Gasteiger charge is 2.23. The summed E-state index contributed by atoms with van der Waals surface area (Å²) in [7, 11) is 0. The third kappa shape index (κ3) is 5.36. The smallest absolute Gasteiger partial charge is 0.310 e. The Morgan fingerprint density at radius 3 is 2.75 bits per heavy atom. The first-order chi connectivity index (χ1) is 15.5. The predicted octanol–water partition coefficient (Wildman–Crippen LogP) is 4.09. The Balaban J connectivity index is 1.55. The minimum Gasteiger partial charge on any atom is -0.465 e. The van der Waals surface area contributed by atoms with E-state index in [0.29, 0.717) is 18.1 Å². The lowest BCUT2D eigenvalue weighted by atomic mass is 9.95.